The maximum atomic E-state index is 13.1. The van der Waals surface area contributed by atoms with Gasteiger partial charge in [-0.1, -0.05) is 29.3 Å². The van der Waals surface area contributed by atoms with Crippen molar-refractivity contribution >= 4 is 52.8 Å². The topological polar surface area (TPSA) is 71.4 Å². The smallest absolute Gasteiger partial charge is 0.318 e. The van der Waals surface area contributed by atoms with Crippen molar-refractivity contribution in [2.75, 3.05) is 4.90 Å². The van der Waals surface area contributed by atoms with Crippen LogP contribution >= 0.6 is 23.2 Å². The van der Waals surface area contributed by atoms with Crippen LogP contribution in [0.15, 0.2) is 54.1 Å². The molecule has 2 aromatic carbocycles. The molecule has 1 N–H and O–H groups in total. The number of nitrogens with zero attached hydrogens (tertiary/aromatic N) is 2. The fourth-order valence-electron chi connectivity index (χ4n) is 3.77. The number of amides is 4. The quantitative estimate of drug-likeness (QED) is 0.415. The number of anilines is 1. The number of halogens is 2. The molecule has 0 aliphatic carbocycles. The first kappa shape index (κ1) is 21.9. The largest absolute Gasteiger partial charge is 0.335 e. The van der Waals surface area contributed by atoms with Crippen LogP contribution in [-0.2, 0) is 9.59 Å². The summed E-state index contributed by atoms with van der Waals surface area (Å²) in [5, 5.41) is 3.31. The van der Waals surface area contributed by atoms with Crippen molar-refractivity contribution in [3.05, 3.63) is 86.7 Å². The molecule has 1 aromatic heterocycles. The lowest BCUT2D eigenvalue weighted by molar-refractivity contribution is -0.122. The van der Waals surface area contributed by atoms with Crippen LogP contribution in [0.2, 0.25) is 10.0 Å². The maximum absolute atomic E-state index is 13.1. The molecule has 1 aliphatic rings. The van der Waals surface area contributed by atoms with Crippen molar-refractivity contribution in [1.82, 2.24) is 9.88 Å². The number of aromatic nitrogens is 1. The van der Waals surface area contributed by atoms with E-state index in [0.29, 0.717) is 21.3 Å². The first-order valence-electron chi connectivity index (χ1n) is 9.80. The van der Waals surface area contributed by atoms with E-state index in [1.165, 1.54) is 6.08 Å². The lowest BCUT2D eigenvalue weighted by atomic mass is 10.1. The van der Waals surface area contributed by atoms with Crippen LogP contribution in [0.25, 0.3) is 11.8 Å². The number of benzene rings is 2. The molecular formula is C24H19Cl2N3O3. The van der Waals surface area contributed by atoms with Crippen LogP contribution in [0.5, 0.6) is 0 Å². The van der Waals surface area contributed by atoms with E-state index in [4.69, 9.17) is 23.2 Å². The van der Waals surface area contributed by atoms with E-state index in [2.05, 4.69) is 5.32 Å². The summed E-state index contributed by atoms with van der Waals surface area (Å²) >= 11 is 12.1. The summed E-state index contributed by atoms with van der Waals surface area (Å²) in [7, 11) is 0. The van der Waals surface area contributed by atoms with E-state index >= 15 is 0 Å². The Morgan fingerprint density at radius 1 is 0.875 bits per heavy atom. The third-order valence-corrected chi connectivity index (χ3v) is 5.86. The van der Waals surface area contributed by atoms with Gasteiger partial charge in [-0.2, -0.15) is 0 Å². The average molecular weight is 468 g/mol. The molecule has 2 heterocycles. The third-order valence-electron chi connectivity index (χ3n) is 5.37. The van der Waals surface area contributed by atoms with Crippen molar-refractivity contribution in [3.8, 4) is 5.69 Å². The third kappa shape index (κ3) is 3.83. The van der Waals surface area contributed by atoms with Gasteiger partial charge < -0.3 is 4.57 Å². The molecule has 4 rings (SSSR count). The molecule has 1 saturated heterocycles. The normalized spacial score (nSPS) is 15.5. The molecule has 0 spiro atoms. The molecule has 0 unspecified atom stereocenters. The van der Waals surface area contributed by atoms with Crippen LogP contribution in [0.4, 0.5) is 10.5 Å². The molecule has 1 fully saturated rings. The molecular weight excluding hydrogens is 449 g/mol. The van der Waals surface area contributed by atoms with Gasteiger partial charge in [-0.05, 0) is 80.4 Å². The van der Waals surface area contributed by atoms with Crippen LogP contribution < -0.4 is 10.2 Å². The molecule has 8 heteroatoms. The number of imide groups is 2. The number of aryl methyl sites for hydroxylation is 2. The van der Waals surface area contributed by atoms with E-state index < -0.39 is 17.8 Å². The molecule has 0 radical (unpaired) electrons. The minimum atomic E-state index is -0.806. The maximum Gasteiger partial charge on any atom is 0.335 e. The average Bonchev–Trinajstić information content (AvgIpc) is 3.01. The summed E-state index contributed by atoms with van der Waals surface area (Å²) < 4.78 is 2.01. The van der Waals surface area contributed by atoms with Crippen molar-refractivity contribution in [2.45, 2.75) is 20.8 Å². The zero-order chi connectivity index (χ0) is 23.2. The summed E-state index contributed by atoms with van der Waals surface area (Å²) in [6, 6.07) is 12.9. The molecule has 4 amide bonds. The molecule has 3 aromatic rings. The summed E-state index contributed by atoms with van der Waals surface area (Å²) in [5.74, 6) is -1.45. The van der Waals surface area contributed by atoms with Crippen molar-refractivity contribution in [1.29, 1.82) is 0 Å². The number of carbonyl (C=O) groups is 3. The lowest BCUT2D eigenvalue weighted by Crippen LogP contribution is -2.54. The van der Waals surface area contributed by atoms with Gasteiger partial charge in [0.2, 0.25) is 0 Å². The van der Waals surface area contributed by atoms with Gasteiger partial charge in [0.1, 0.15) is 5.57 Å². The second-order valence-electron chi connectivity index (χ2n) is 7.53. The Morgan fingerprint density at radius 3 is 2.22 bits per heavy atom. The first-order chi connectivity index (χ1) is 15.2. The second kappa shape index (κ2) is 8.30. The van der Waals surface area contributed by atoms with Gasteiger partial charge in [-0.25, -0.2) is 9.69 Å². The highest BCUT2D eigenvalue weighted by Gasteiger charge is 2.37. The highest BCUT2D eigenvalue weighted by Crippen LogP contribution is 2.28. The highest BCUT2D eigenvalue weighted by molar-refractivity contribution is 6.39. The molecule has 0 saturated carbocycles. The molecule has 0 atom stereocenters. The van der Waals surface area contributed by atoms with Gasteiger partial charge >= 0.3 is 6.03 Å². The SMILES string of the molecule is Cc1ccc(Cl)cc1-n1c(C)cc(/C=C2\C(=O)NC(=O)N(c3ccc(Cl)cc3)C2=O)c1C. The number of urea groups is 1. The van der Waals surface area contributed by atoms with E-state index in [0.717, 1.165) is 27.5 Å². The summed E-state index contributed by atoms with van der Waals surface area (Å²) in [6.45, 7) is 5.81. The summed E-state index contributed by atoms with van der Waals surface area (Å²) in [4.78, 5) is 39.0. The molecule has 32 heavy (non-hydrogen) atoms. The Morgan fingerprint density at radius 2 is 1.53 bits per heavy atom. The lowest BCUT2D eigenvalue weighted by Gasteiger charge is -2.26. The van der Waals surface area contributed by atoms with Crippen LogP contribution in [0, 0.1) is 20.8 Å². The minimum absolute atomic E-state index is 0.136. The van der Waals surface area contributed by atoms with Crippen molar-refractivity contribution < 1.29 is 14.4 Å². The zero-order valence-electron chi connectivity index (χ0n) is 17.6. The Balaban J connectivity index is 1.78. The van der Waals surface area contributed by atoms with E-state index in [9.17, 15) is 14.4 Å². The fourth-order valence-corrected chi connectivity index (χ4v) is 4.06. The van der Waals surface area contributed by atoms with E-state index in [1.54, 1.807) is 24.3 Å². The zero-order valence-corrected chi connectivity index (χ0v) is 19.1. The number of hydrogen-bond acceptors (Lipinski definition) is 3. The number of nitrogens with one attached hydrogen (secondary N) is 1. The molecule has 1 aliphatic heterocycles. The predicted molar refractivity (Wildman–Crippen MR) is 125 cm³/mol. The van der Waals surface area contributed by atoms with Gasteiger partial charge in [0.15, 0.2) is 0 Å². The highest BCUT2D eigenvalue weighted by atomic mass is 35.5. The molecule has 6 nitrogen and oxygen atoms in total. The summed E-state index contributed by atoms with van der Waals surface area (Å²) in [5.41, 5.74) is 4.55. The van der Waals surface area contributed by atoms with Crippen molar-refractivity contribution in [2.24, 2.45) is 0 Å². The Labute approximate surface area is 195 Å². The predicted octanol–water partition coefficient (Wildman–Crippen LogP) is 5.38. The minimum Gasteiger partial charge on any atom is -0.318 e. The van der Waals surface area contributed by atoms with Gasteiger partial charge in [0.05, 0.1) is 5.69 Å². The fraction of sp³-hybridized carbons (Fsp3) is 0.125. The van der Waals surface area contributed by atoms with Crippen LogP contribution in [-0.4, -0.2) is 22.4 Å². The number of rotatable bonds is 3. The standard InChI is InChI=1S/C24H19Cl2N3O3/c1-13-4-5-18(26)12-21(13)28-14(2)10-16(15(28)3)11-20-22(30)27-24(32)29(23(20)31)19-8-6-17(25)7-9-19/h4-12H,1-3H3,(H,27,30,32)/b20-11+. The van der Waals surface area contributed by atoms with Gasteiger partial charge in [0.25, 0.3) is 11.8 Å². The van der Waals surface area contributed by atoms with Crippen molar-refractivity contribution in [3.63, 3.8) is 0 Å². The number of barbiturate groups is 1. The number of carbonyl (C=O) groups excluding carboxylic acids is 3. The first-order valence-corrected chi connectivity index (χ1v) is 10.6. The van der Waals surface area contributed by atoms with Gasteiger partial charge in [0, 0.05) is 27.1 Å². The molecule has 0 bridgehead atoms. The Hall–Kier alpha value is -3.35. The number of hydrogen-bond donors (Lipinski definition) is 1. The van der Waals surface area contributed by atoms with E-state index in [1.807, 2.05) is 49.6 Å². The van der Waals surface area contributed by atoms with Crippen LogP contribution in [0.3, 0.4) is 0 Å². The monoisotopic (exact) mass is 467 g/mol. The second-order valence-corrected chi connectivity index (χ2v) is 8.40. The van der Waals surface area contributed by atoms with E-state index in [-0.39, 0.29) is 5.57 Å². The Bertz CT molecular complexity index is 1310. The summed E-state index contributed by atoms with van der Waals surface area (Å²) in [6.07, 6.45) is 1.51. The van der Waals surface area contributed by atoms with Gasteiger partial charge in [-0.15, -0.1) is 0 Å². The molecule has 162 valence electrons. The van der Waals surface area contributed by atoms with Gasteiger partial charge in [-0.3, -0.25) is 14.9 Å². The van der Waals surface area contributed by atoms with Crippen LogP contribution in [0.1, 0.15) is 22.5 Å². The Kier molecular flexibility index (Phi) is 5.67.